The minimum atomic E-state index is -1.15. The fraction of sp³-hybridized carbons (Fsp3) is 0.800. The van der Waals surface area contributed by atoms with E-state index in [9.17, 15) is 4.79 Å². The average molecular weight is 116 g/mol. The Bertz CT molecular complexity index is 110. The Labute approximate surface area is 47.3 Å². The second kappa shape index (κ2) is 1.65. The zero-order valence-corrected chi connectivity index (χ0v) is 4.63. The van der Waals surface area contributed by atoms with E-state index in [0.29, 0.717) is 5.92 Å². The van der Waals surface area contributed by atoms with Gasteiger partial charge in [-0.3, -0.25) is 0 Å². The van der Waals surface area contributed by atoms with E-state index in [1.165, 1.54) is 0 Å². The summed E-state index contributed by atoms with van der Waals surface area (Å²) in [7, 11) is 0. The molecular weight excluding hydrogens is 108 g/mol. The third kappa shape index (κ3) is 1.12. The molecule has 1 N–H and O–H groups in total. The van der Waals surface area contributed by atoms with Gasteiger partial charge in [-0.25, -0.2) is 4.79 Å². The zero-order chi connectivity index (χ0) is 6.15. The molecule has 3 heteroatoms. The quantitative estimate of drug-likeness (QED) is 0.521. The van der Waals surface area contributed by atoms with Gasteiger partial charge in [-0.15, -0.1) is 0 Å². The number of ether oxygens (including phenoxy) is 1. The van der Waals surface area contributed by atoms with Gasteiger partial charge in [0.2, 0.25) is 0 Å². The third-order valence-corrected chi connectivity index (χ3v) is 1.29. The van der Waals surface area contributed by atoms with Crippen LogP contribution < -0.4 is 0 Å². The molecule has 0 radical (unpaired) electrons. The van der Waals surface area contributed by atoms with Gasteiger partial charge in [0, 0.05) is 0 Å². The molecule has 0 bridgehead atoms. The molecule has 1 aliphatic carbocycles. The van der Waals surface area contributed by atoms with E-state index in [1.807, 2.05) is 6.92 Å². The van der Waals surface area contributed by atoms with E-state index >= 15 is 0 Å². The maximum Gasteiger partial charge on any atom is 0.506 e. The molecule has 0 spiro atoms. The molecule has 1 fully saturated rings. The van der Waals surface area contributed by atoms with Crippen LogP contribution >= 0.6 is 0 Å². The molecule has 8 heavy (non-hydrogen) atoms. The molecular formula is C5H8O3. The summed E-state index contributed by atoms with van der Waals surface area (Å²) in [4.78, 5) is 9.77. The molecule has 3 nitrogen and oxygen atoms in total. The maximum atomic E-state index is 9.77. The van der Waals surface area contributed by atoms with Gasteiger partial charge in [0.05, 0.1) is 0 Å². The van der Waals surface area contributed by atoms with Gasteiger partial charge in [0.1, 0.15) is 6.10 Å². The van der Waals surface area contributed by atoms with Gasteiger partial charge < -0.3 is 9.84 Å². The molecule has 2 atom stereocenters. The predicted octanol–water partition coefficient (Wildman–Crippen LogP) is 1.09. The van der Waals surface area contributed by atoms with Crippen molar-refractivity contribution in [3.8, 4) is 0 Å². The summed E-state index contributed by atoms with van der Waals surface area (Å²) in [6.07, 6.45) is -0.265. The molecule has 0 aromatic heterocycles. The second-order valence-corrected chi connectivity index (χ2v) is 2.14. The molecule has 1 saturated carbocycles. The van der Waals surface area contributed by atoms with Crippen molar-refractivity contribution in [3.63, 3.8) is 0 Å². The first kappa shape index (κ1) is 5.41. The van der Waals surface area contributed by atoms with E-state index in [4.69, 9.17) is 5.11 Å². The van der Waals surface area contributed by atoms with Crippen LogP contribution in [-0.4, -0.2) is 17.4 Å². The first-order valence-corrected chi connectivity index (χ1v) is 2.59. The summed E-state index contributed by atoms with van der Waals surface area (Å²) in [5.41, 5.74) is 0. The van der Waals surface area contributed by atoms with E-state index in [1.54, 1.807) is 0 Å². The molecule has 1 aliphatic rings. The lowest BCUT2D eigenvalue weighted by molar-refractivity contribution is 0.0812. The summed E-state index contributed by atoms with van der Waals surface area (Å²) < 4.78 is 4.39. The van der Waals surface area contributed by atoms with Crippen LogP contribution in [0.1, 0.15) is 13.3 Å². The Morgan fingerprint density at radius 2 is 2.38 bits per heavy atom. The highest BCUT2D eigenvalue weighted by Crippen LogP contribution is 2.32. The summed E-state index contributed by atoms with van der Waals surface area (Å²) in [5, 5.41) is 8.02. The van der Waals surface area contributed by atoms with Gasteiger partial charge in [0.15, 0.2) is 0 Å². The van der Waals surface area contributed by atoms with Crippen molar-refractivity contribution in [3.05, 3.63) is 0 Å². The van der Waals surface area contributed by atoms with E-state index < -0.39 is 6.16 Å². The minimum Gasteiger partial charge on any atom is -0.450 e. The lowest BCUT2D eigenvalue weighted by atomic mass is 10.5. The smallest absolute Gasteiger partial charge is 0.450 e. The number of hydrogen-bond donors (Lipinski definition) is 1. The Hall–Kier alpha value is -0.730. The van der Waals surface area contributed by atoms with Crippen molar-refractivity contribution in [1.29, 1.82) is 0 Å². The van der Waals surface area contributed by atoms with E-state index in [-0.39, 0.29) is 6.10 Å². The lowest BCUT2D eigenvalue weighted by Crippen LogP contribution is -2.02. The molecule has 0 amide bonds. The molecule has 0 heterocycles. The Morgan fingerprint density at radius 1 is 1.88 bits per heavy atom. The molecule has 46 valence electrons. The van der Waals surface area contributed by atoms with Gasteiger partial charge >= 0.3 is 6.16 Å². The summed E-state index contributed by atoms with van der Waals surface area (Å²) in [5.74, 6) is 0.450. The van der Waals surface area contributed by atoms with Crippen LogP contribution in [0.2, 0.25) is 0 Å². The Morgan fingerprint density at radius 3 is 2.50 bits per heavy atom. The minimum absolute atomic E-state index is 0.00694. The lowest BCUT2D eigenvalue weighted by Gasteiger charge is -1.92. The predicted molar refractivity (Wildman–Crippen MR) is 26.7 cm³/mol. The van der Waals surface area contributed by atoms with Gasteiger partial charge in [-0.2, -0.15) is 0 Å². The number of hydrogen-bond acceptors (Lipinski definition) is 2. The summed E-state index contributed by atoms with van der Waals surface area (Å²) in [6.45, 7) is 1.97. The molecule has 0 aromatic carbocycles. The first-order chi connectivity index (χ1) is 3.70. The molecule has 2 unspecified atom stereocenters. The average Bonchev–Trinajstić information content (AvgIpc) is 2.17. The standard InChI is InChI=1S/C5H8O3/c1-3-2-4(3)8-5(6)7/h3-4H,2H2,1H3,(H,6,7). The van der Waals surface area contributed by atoms with Crippen LogP contribution in [0.3, 0.4) is 0 Å². The number of carbonyl (C=O) groups is 1. The van der Waals surface area contributed by atoms with Crippen LogP contribution in [0.5, 0.6) is 0 Å². The Kier molecular flexibility index (Phi) is 1.12. The number of rotatable bonds is 1. The van der Waals surface area contributed by atoms with Crippen LogP contribution in [0, 0.1) is 5.92 Å². The fourth-order valence-electron chi connectivity index (χ4n) is 0.582. The van der Waals surface area contributed by atoms with Crippen molar-refractivity contribution < 1.29 is 14.6 Å². The van der Waals surface area contributed by atoms with Gasteiger partial charge in [-0.05, 0) is 12.3 Å². The SMILES string of the molecule is CC1CC1OC(=O)O. The maximum absolute atomic E-state index is 9.77. The van der Waals surface area contributed by atoms with Gasteiger partial charge in [0.25, 0.3) is 0 Å². The molecule has 0 aromatic rings. The highest BCUT2D eigenvalue weighted by molar-refractivity contribution is 5.57. The van der Waals surface area contributed by atoms with Crippen LogP contribution in [0.4, 0.5) is 4.79 Å². The normalized spacial score (nSPS) is 34.1. The van der Waals surface area contributed by atoms with Crippen molar-refractivity contribution in [2.24, 2.45) is 5.92 Å². The molecule has 0 aliphatic heterocycles. The van der Waals surface area contributed by atoms with Crippen molar-refractivity contribution in [2.45, 2.75) is 19.4 Å². The monoisotopic (exact) mass is 116 g/mol. The molecule has 1 rings (SSSR count). The second-order valence-electron chi connectivity index (χ2n) is 2.14. The highest BCUT2D eigenvalue weighted by Gasteiger charge is 2.36. The fourth-order valence-corrected chi connectivity index (χ4v) is 0.582. The summed E-state index contributed by atoms with van der Waals surface area (Å²) >= 11 is 0. The first-order valence-electron chi connectivity index (χ1n) is 2.59. The topological polar surface area (TPSA) is 46.5 Å². The van der Waals surface area contributed by atoms with Crippen molar-refractivity contribution in [1.82, 2.24) is 0 Å². The number of carboxylic acid groups (broad SMARTS) is 1. The summed E-state index contributed by atoms with van der Waals surface area (Å²) in [6, 6.07) is 0. The van der Waals surface area contributed by atoms with Crippen LogP contribution in [0.25, 0.3) is 0 Å². The third-order valence-electron chi connectivity index (χ3n) is 1.29. The Balaban J connectivity index is 2.14. The van der Waals surface area contributed by atoms with Crippen molar-refractivity contribution in [2.75, 3.05) is 0 Å². The zero-order valence-electron chi connectivity index (χ0n) is 4.63. The largest absolute Gasteiger partial charge is 0.506 e. The molecule has 0 saturated heterocycles. The van der Waals surface area contributed by atoms with Crippen LogP contribution in [-0.2, 0) is 4.74 Å². The highest BCUT2D eigenvalue weighted by atomic mass is 16.7. The van der Waals surface area contributed by atoms with E-state index in [0.717, 1.165) is 6.42 Å². The van der Waals surface area contributed by atoms with Crippen LogP contribution in [0.15, 0.2) is 0 Å². The van der Waals surface area contributed by atoms with E-state index in [2.05, 4.69) is 4.74 Å². The van der Waals surface area contributed by atoms with Gasteiger partial charge in [-0.1, -0.05) is 6.92 Å². The van der Waals surface area contributed by atoms with Crippen molar-refractivity contribution >= 4 is 6.16 Å².